The van der Waals surface area contributed by atoms with Crippen LogP contribution in [-0.2, 0) is 4.74 Å². The van der Waals surface area contributed by atoms with Crippen molar-refractivity contribution >= 4 is 34.8 Å². The van der Waals surface area contributed by atoms with E-state index in [-0.39, 0.29) is 27.2 Å². The van der Waals surface area contributed by atoms with Gasteiger partial charge in [0.1, 0.15) is 11.6 Å². The maximum atomic E-state index is 5.88. The second kappa shape index (κ2) is 7.21. The van der Waals surface area contributed by atoms with E-state index in [1.165, 1.54) is 0 Å². The predicted octanol–water partition coefficient (Wildman–Crippen LogP) is 3.63. The number of rotatable bonds is 6. The summed E-state index contributed by atoms with van der Waals surface area (Å²) in [6.07, 6.45) is 1.15. The third kappa shape index (κ3) is 4.47. The van der Waals surface area contributed by atoms with Crippen LogP contribution in [0.25, 0.3) is 0 Å². The SMILES string of the molecule is CCC(C)OCCOc1c(Cl)nnc(Cl)c1Cl. The minimum Gasteiger partial charge on any atom is -0.486 e. The topological polar surface area (TPSA) is 44.2 Å². The molecule has 1 aromatic rings. The van der Waals surface area contributed by atoms with Gasteiger partial charge in [0, 0.05) is 0 Å². The van der Waals surface area contributed by atoms with Crippen molar-refractivity contribution in [2.24, 2.45) is 0 Å². The Morgan fingerprint density at radius 3 is 2.41 bits per heavy atom. The van der Waals surface area contributed by atoms with Gasteiger partial charge in [0.05, 0.1) is 12.7 Å². The molecule has 0 saturated carbocycles. The molecule has 0 N–H and O–H groups in total. The van der Waals surface area contributed by atoms with Gasteiger partial charge in [0.15, 0.2) is 16.1 Å². The molecule has 0 saturated heterocycles. The van der Waals surface area contributed by atoms with E-state index in [9.17, 15) is 0 Å². The van der Waals surface area contributed by atoms with Crippen LogP contribution in [0.15, 0.2) is 0 Å². The molecule has 0 radical (unpaired) electrons. The summed E-state index contributed by atoms with van der Waals surface area (Å²) in [4.78, 5) is 0. The van der Waals surface area contributed by atoms with Gasteiger partial charge in [-0.05, 0) is 13.3 Å². The van der Waals surface area contributed by atoms with Crippen LogP contribution in [-0.4, -0.2) is 29.5 Å². The Labute approximate surface area is 115 Å². The first-order chi connectivity index (χ1) is 8.06. The number of halogens is 3. The third-order valence-electron chi connectivity index (χ3n) is 2.10. The van der Waals surface area contributed by atoms with E-state index in [1.54, 1.807) is 0 Å². The highest BCUT2D eigenvalue weighted by Crippen LogP contribution is 2.34. The molecule has 0 bridgehead atoms. The fourth-order valence-corrected chi connectivity index (χ4v) is 1.54. The van der Waals surface area contributed by atoms with Crippen LogP contribution in [0, 0.1) is 0 Å². The Hall–Kier alpha value is -0.290. The van der Waals surface area contributed by atoms with E-state index in [0.717, 1.165) is 6.42 Å². The van der Waals surface area contributed by atoms with Crippen LogP contribution in [0.2, 0.25) is 15.3 Å². The average Bonchev–Trinajstić information content (AvgIpc) is 2.32. The van der Waals surface area contributed by atoms with Crippen molar-refractivity contribution < 1.29 is 9.47 Å². The predicted molar refractivity (Wildman–Crippen MR) is 68.3 cm³/mol. The first kappa shape index (κ1) is 14.8. The summed E-state index contributed by atoms with van der Waals surface area (Å²) in [5, 5.41) is 7.46. The van der Waals surface area contributed by atoms with Crippen molar-refractivity contribution in [3.8, 4) is 5.75 Å². The molecule has 0 aliphatic heterocycles. The molecule has 1 rings (SSSR count). The molecular formula is C10H13Cl3N2O2. The summed E-state index contributed by atoms with van der Waals surface area (Å²) in [6.45, 7) is 4.81. The van der Waals surface area contributed by atoms with Crippen molar-refractivity contribution in [3.05, 3.63) is 15.3 Å². The molecule has 0 spiro atoms. The monoisotopic (exact) mass is 298 g/mol. The van der Waals surface area contributed by atoms with Crippen LogP contribution in [0.3, 0.4) is 0 Å². The zero-order valence-corrected chi connectivity index (χ0v) is 11.8. The molecule has 0 fully saturated rings. The highest BCUT2D eigenvalue weighted by Gasteiger charge is 2.13. The van der Waals surface area contributed by atoms with Crippen LogP contribution in [0.4, 0.5) is 0 Å². The van der Waals surface area contributed by atoms with Gasteiger partial charge in [-0.2, -0.15) is 0 Å². The van der Waals surface area contributed by atoms with Crippen molar-refractivity contribution in [1.29, 1.82) is 0 Å². The van der Waals surface area contributed by atoms with Gasteiger partial charge in [-0.1, -0.05) is 41.7 Å². The van der Waals surface area contributed by atoms with Crippen LogP contribution < -0.4 is 4.74 Å². The lowest BCUT2D eigenvalue weighted by Gasteiger charge is -2.12. The van der Waals surface area contributed by atoms with Crippen LogP contribution >= 0.6 is 34.8 Å². The molecule has 4 nitrogen and oxygen atoms in total. The lowest BCUT2D eigenvalue weighted by Crippen LogP contribution is -2.13. The summed E-state index contributed by atoms with van der Waals surface area (Å²) >= 11 is 17.4. The number of hydrogen-bond acceptors (Lipinski definition) is 4. The number of nitrogens with zero attached hydrogens (tertiary/aromatic N) is 2. The second-order valence-corrected chi connectivity index (χ2v) is 4.46. The molecule has 1 aromatic heterocycles. The summed E-state index contributed by atoms with van der Waals surface area (Å²) < 4.78 is 10.8. The van der Waals surface area contributed by atoms with E-state index in [4.69, 9.17) is 44.3 Å². The third-order valence-corrected chi connectivity index (χ3v) is 3.06. The highest BCUT2D eigenvalue weighted by molar-refractivity contribution is 6.43. The molecule has 0 aliphatic carbocycles. The fraction of sp³-hybridized carbons (Fsp3) is 0.600. The van der Waals surface area contributed by atoms with Crippen LogP contribution in [0.1, 0.15) is 20.3 Å². The molecule has 1 heterocycles. The van der Waals surface area contributed by atoms with Gasteiger partial charge in [0.2, 0.25) is 0 Å². The van der Waals surface area contributed by atoms with Gasteiger partial charge < -0.3 is 9.47 Å². The van der Waals surface area contributed by atoms with Crippen LogP contribution in [0.5, 0.6) is 5.75 Å². The van der Waals surface area contributed by atoms with Gasteiger partial charge in [-0.25, -0.2) is 0 Å². The average molecular weight is 300 g/mol. The molecule has 1 atom stereocenters. The van der Waals surface area contributed by atoms with Gasteiger partial charge in [-0.15, -0.1) is 10.2 Å². The van der Waals surface area contributed by atoms with Gasteiger partial charge in [-0.3, -0.25) is 0 Å². The van der Waals surface area contributed by atoms with Crippen molar-refractivity contribution in [3.63, 3.8) is 0 Å². The molecule has 0 amide bonds. The Balaban J connectivity index is 2.49. The smallest absolute Gasteiger partial charge is 0.195 e. The van der Waals surface area contributed by atoms with E-state index < -0.39 is 0 Å². The lowest BCUT2D eigenvalue weighted by atomic mass is 10.3. The first-order valence-electron chi connectivity index (χ1n) is 5.17. The Kier molecular flexibility index (Phi) is 6.27. The minimum absolute atomic E-state index is 0.0638. The van der Waals surface area contributed by atoms with E-state index in [1.807, 2.05) is 13.8 Å². The standard InChI is InChI=1S/C10H13Cl3N2O2/c1-3-6(2)16-4-5-17-8-7(11)9(12)14-15-10(8)13/h6H,3-5H2,1-2H3. The van der Waals surface area contributed by atoms with E-state index >= 15 is 0 Å². The molecule has 7 heteroatoms. The largest absolute Gasteiger partial charge is 0.486 e. The highest BCUT2D eigenvalue weighted by atomic mass is 35.5. The number of ether oxygens (including phenoxy) is 2. The fourth-order valence-electron chi connectivity index (χ4n) is 0.995. The number of hydrogen-bond donors (Lipinski definition) is 0. The summed E-state index contributed by atoms with van der Waals surface area (Å²) in [5.41, 5.74) is 0. The Morgan fingerprint density at radius 2 is 1.76 bits per heavy atom. The Bertz CT molecular complexity index is 377. The number of aromatic nitrogens is 2. The summed E-state index contributed by atoms with van der Waals surface area (Å²) in [5.74, 6) is 0.237. The summed E-state index contributed by atoms with van der Waals surface area (Å²) in [6, 6.07) is 0. The van der Waals surface area contributed by atoms with Crippen molar-refractivity contribution in [2.75, 3.05) is 13.2 Å². The molecule has 1 unspecified atom stereocenters. The van der Waals surface area contributed by atoms with Gasteiger partial charge in [0.25, 0.3) is 0 Å². The quantitative estimate of drug-likeness (QED) is 0.752. The van der Waals surface area contributed by atoms with Crippen molar-refractivity contribution in [2.45, 2.75) is 26.4 Å². The Morgan fingerprint density at radius 1 is 1.12 bits per heavy atom. The normalized spacial score (nSPS) is 12.5. The maximum absolute atomic E-state index is 5.88. The van der Waals surface area contributed by atoms with Gasteiger partial charge >= 0.3 is 0 Å². The summed E-state index contributed by atoms with van der Waals surface area (Å²) in [7, 11) is 0. The van der Waals surface area contributed by atoms with E-state index in [2.05, 4.69) is 10.2 Å². The molecule has 0 aromatic carbocycles. The zero-order chi connectivity index (χ0) is 12.8. The molecule has 0 aliphatic rings. The maximum Gasteiger partial charge on any atom is 0.195 e. The second-order valence-electron chi connectivity index (χ2n) is 3.36. The zero-order valence-electron chi connectivity index (χ0n) is 9.54. The first-order valence-corrected chi connectivity index (χ1v) is 6.31. The molecular weight excluding hydrogens is 286 g/mol. The lowest BCUT2D eigenvalue weighted by molar-refractivity contribution is 0.0426. The molecule has 96 valence electrons. The van der Waals surface area contributed by atoms with Crippen molar-refractivity contribution in [1.82, 2.24) is 10.2 Å². The van der Waals surface area contributed by atoms with E-state index in [0.29, 0.717) is 13.2 Å². The molecule has 17 heavy (non-hydrogen) atoms. The minimum atomic E-state index is 0.0638.